The van der Waals surface area contributed by atoms with E-state index in [1.807, 2.05) is 24.7 Å². The van der Waals surface area contributed by atoms with Gasteiger partial charge in [-0.1, -0.05) is 0 Å². The van der Waals surface area contributed by atoms with Gasteiger partial charge >= 0.3 is 52.9 Å². The van der Waals surface area contributed by atoms with Crippen LogP contribution < -0.4 is 0 Å². The van der Waals surface area contributed by atoms with Crippen molar-refractivity contribution in [1.29, 1.82) is 0 Å². The fourth-order valence-electron chi connectivity index (χ4n) is 0.241. The molecular formula is C4H12Cl3O2V. The van der Waals surface area contributed by atoms with Crippen molar-refractivity contribution in [2.24, 2.45) is 0 Å². The van der Waals surface area contributed by atoms with Crippen LogP contribution in [0.2, 0.25) is 0 Å². The van der Waals surface area contributed by atoms with Crippen LogP contribution in [0.3, 0.4) is 0 Å². The number of hydrogen-bond acceptors (Lipinski definition) is 2. The molecule has 0 N–H and O–H groups in total. The third-order valence-corrected chi connectivity index (χ3v) is 0.808. The summed E-state index contributed by atoms with van der Waals surface area (Å²) in [5.41, 5.74) is 0. The standard InChI is InChI=1S/C4H9O2.3ClH.V/c1-2-6-4-3-5;;;;/h2-4H2,1H3;3*1H;/q-1;;;;+1. The predicted molar refractivity (Wildman–Crippen MR) is 44.2 cm³/mol. The SMILES string of the molecule is CCOCC[O][V].Cl.Cl.Cl. The van der Waals surface area contributed by atoms with Crippen LogP contribution >= 0.6 is 37.2 Å². The Labute approximate surface area is 90.0 Å². The van der Waals surface area contributed by atoms with Gasteiger partial charge in [-0.15, -0.1) is 37.2 Å². The van der Waals surface area contributed by atoms with Crippen LogP contribution in [-0.2, 0) is 26.2 Å². The maximum absolute atomic E-state index is 4.94. The first-order chi connectivity index (χ1) is 3.41. The van der Waals surface area contributed by atoms with Crippen LogP contribution in [0.1, 0.15) is 6.92 Å². The van der Waals surface area contributed by atoms with E-state index in [-0.39, 0.29) is 37.2 Å². The molecule has 0 unspecified atom stereocenters. The van der Waals surface area contributed by atoms with E-state index in [1.165, 1.54) is 0 Å². The fraction of sp³-hybridized carbons (Fsp3) is 1.00. The minimum Gasteiger partial charge on any atom is -0.147 e. The van der Waals surface area contributed by atoms with Gasteiger partial charge in [0.15, 0.2) is 0 Å². The zero-order valence-corrected chi connectivity index (χ0v) is 9.46. The summed E-state index contributed by atoms with van der Waals surface area (Å²) in [7, 11) is 0. The van der Waals surface area contributed by atoms with E-state index >= 15 is 0 Å². The van der Waals surface area contributed by atoms with Crippen molar-refractivity contribution in [3.05, 3.63) is 0 Å². The largest absolute Gasteiger partial charge is 0.147 e. The van der Waals surface area contributed by atoms with Gasteiger partial charge in [0.1, 0.15) is 0 Å². The average Bonchev–Trinajstić information content (AvgIpc) is 1.69. The molecule has 0 saturated heterocycles. The van der Waals surface area contributed by atoms with Crippen molar-refractivity contribution < 1.29 is 26.2 Å². The molecule has 0 heterocycles. The van der Waals surface area contributed by atoms with Crippen molar-refractivity contribution in [3.8, 4) is 0 Å². The second-order valence-corrected chi connectivity index (χ2v) is 1.43. The zero-order valence-electron chi connectivity index (χ0n) is 5.61. The van der Waals surface area contributed by atoms with Gasteiger partial charge in [0.05, 0.1) is 0 Å². The second-order valence-electron chi connectivity index (χ2n) is 1.03. The smallest absolute Gasteiger partial charge is 0.147 e. The van der Waals surface area contributed by atoms with Crippen LogP contribution in [0.15, 0.2) is 0 Å². The normalized spacial score (nSPS) is 6.50. The van der Waals surface area contributed by atoms with E-state index < -0.39 is 0 Å². The van der Waals surface area contributed by atoms with E-state index in [9.17, 15) is 0 Å². The molecule has 0 aliphatic rings. The van der Waals surface area contributed by atoms with Gasteiger partial charge in [0.2, 0.25) is 0 Å². The number of halogens is 3. The fourth-order valence-corrected chi connectivity index (χ4v) is 0.357. The molecular weight excluding hydrogens is 237 g/mol. The van der Waals surface area contributed by atoms with Crippen LogP contribution in [0.25, 0.3) is 0 Å². The molecule has 0 aromatic heterocycles. The molecule has 0 saturated carbocycles. The van der Waals surface area contributed by atoms with Crippen molar-refractivity contribution in [2.45, 2.75) is 6.92 Å². The van der Waals surface area contributed by atoms with Crippen LogP contribution in [0, 0.1) is 0 Å². The molecule has 0 atom stereocenters. The van der Waals surface area contributed by atoms with Gasteiger partial charge in [-0.05, 0) is 0 Å². The Morgan fingerprint density at radius 3 is 1.90 bits per heavy atom. The van der Waals surface area contributed by atoms with E-state index in [4.69, 9.17) is 4.74 Å². The summed E-state index contributed by atoms with van der Waals surface area (Å²) in [4.78, 5) is 0. The molecule has 0 aliphatic carbocycles. The van der Waals surface area contributed by atoms with Gasteiger partial charge in [0, 0.05) is 0 Å². The minimum absolute atomic E-state index is 0. The molecule has 0 aromatic rings. The molecule has 0 amide bonds. The van der Waals surface area contributed by atoms with Gasteiger partial charge < -0.3 is 0 Å². The molecule has 0 radical (unpaired) electrons. The summed E-state index contributed by atoms with van der Waals surface area (Å²) in [5, 5.41) is 0. The van der Waals surface area contributed by atoms with Gasteiger partial charge in [-0.25, -0.2) is 0 Å². The Bertz CT molecular complexity index is 37.7. The average molecular weight is 249 g/mol. The summed E-state index contributed by atoms with van der Waals surface area (Å²) < 4.78 is 9.60. The number of hydrogen-bond donors (Lipinski definition) is 0. The monoisotopic (exact) mass is 248 g/mol. The van der Waals surface area contributed by atoms with E-state index in [0.717, 1.165) is 6.61 Å². The Morgan fingerprint density at radius 1 is 1.10 bits per heavy atom. The van der Waals surface area contributed by atoms with Crippen molar-refractivity contribution in [1.82, 2.24) is 0 Å². The molecule has 0 bridgehead atoms. The first kappa shape index (κ1) is 22.5. The molecule has 6 heteroatoms. The Morgan fingerprint density at radius 2 is 1.60 bits per heavy atom. The van der Waals surface area contributed by atoms with E-state index in [1.54, 1.807) is 0 Å². The molecule has 0 rings (SSSR count). The quantitative estimate of drug-likeness (QED) is 0.707. The summed E-state index contributed by atoms with van der Waals surface area (Å²) >= 11 is 2.04. The number of rotatable bonds is 4. The summed E-state index contributed by atoms with van der Waals surface area (Å²) in [5.74, 6) is 0. The van der Waals surface area contributed by atoms with Crippen LogP contribution in [0.5, 0.6) is 0 Å². The van der Waals surface area contributed by atoms with Crippen molar-refractivity contribution in [2.75, 3.05) is 19.8 Å². The third-order valence-electron chi connectivity index (χ3n) is 0.523. The summed E-state index contributed by atoms with van der Waals surface area (Å²) in [6.45, 7) is 4.11. The molecule has 0 fully saturated rings. The maximum Gasteiger partial charge on any atom is -0.147 e. The van der Waals surface area contributed by atoms with E-state index in [2.05, 4.69) is 3.66 Å². The Balaban J connectivity index is -0.0000000600. The zero-order chi connectivity index (χ0) is 5.54. The Kier molecular flexibility index (Phi) is 50.5. The first-order valence-corrected chi connectivity index (χ1v) is 2.83. The molecule has 0 spiro atoms. The van der Waals surface area contributed by atoms with E-state index in [0.29, 0.717) is 13.2 Å². The second kappa shape index (κ2) is 22.4. The Hall–Kier alpha value is 1.37. The van der Waals surface area contributed by atoms with Gasteiger partial charge in [0.25, 0.3) is 0 Å². The van der Waals surface area contributed by atoms with Crippen LogP contribution in [0.4, 0.5) is 0 Å². The minimum atomic E-state index is 0. The van der Waals surface area contributed by atoms with Gasteiger partial charge in [-0.2, -0.15) is 0 Å². The van der Waals surface area contributed by atoms with Crippen molar-refractivity contribution in [3.63, 3.8) is 0 Å². The van der Waals surface area contributed by atoms with Crippen LogP contribution in [-0.4, -0.2) is 19.8 Å². The third kappa shape index (κ3) is 22.8. The predicted octanol–water partition coefficient (Wildman–Crippen LogP) is 1.77. The molecule has 10 heavy (non-hydrogen) atoms. The van der Waals surface area contributed by atoms with Gasteiger partial charge in [-0.3, -0.25) is 0 Å². The van der Waals surface area contributed by atoms with Crippen molar-refractivity contribution >= 4 is 37.2 Å². The molecule has 2 nitrogen and oxygen atoms in total. The number of ether oxygens (including phenoxy) is 1. The summed E-state index contributed by atoms with van der Waals surface area (Å²) in [6, 6.07) is 0. The summed E-state index contributed by atoms with van der Waals surface area (Å²) in [6.07, 6.45) is 0. The molecule has 0 aromatic carbocycles. The maximum atomic E-state index is 4.94. The first-order valence-electron chi connectivity index (χ1n) is 2.26. The topological polar surface area (TPSA) is 18.5 Å². The molecule has 66 valence electrons. The molecule has 0 aliphatic heterocycles.